The number of para-hydroxylation sites is 1. The Labute approximate surface area is 136 Å². The van der Waals surface area contributed by atoms with Crippen molar-refractivity contribution >= 4 is 16.9 Å². The van der Waals surface area contributed by atoms with Crippen LogP contribution in [0.1, 0.15) is 15.9 Å². The molecule has 0 bridgehead atoms. The number of fused-ring (bicyclic) bond motifs is 1. The fraction of sp³-hybridized carbons (Fsp3) is 0.0526. The Morgan fingerprint density at radius 3 is 2.71 bits per heavy atom. The molecular formula is C19H12FNO3. The number of benzene rings is 2. The van der Waals surface area contributed by atoms with Crippen molar-refractivity contribution in [2.75, 3.05) is 6.54 Å². The van der Waals surface area contributed by atoms with Gasteiger partial charge in [0, 0.05) is 5.39 Å². The number of nitrogens with one attached hydrogen (secondary N) is 1. The third kappa shape index (κ3) is 3.33. The van der Waals surface area contributed by atoms with Crippen molar-refractivity contribution in [1.29, 1.82) is 0 Å². The standard InChI is InChI=1S/C19H12FNO3/c20-16-9-3-1-6-13(16)8-5-11-21-18(22)15-12-14-7-2-4-10-17(14)24-19(15)23/h1-4,6-7,9-10,12H,11H2,(H,21,22). The number of amides is 1. The van der Waals surface area contributed by atoms with Gasteiger partial charge in [-0.15, -0.1) is 0 Å². The Bertz CT molecular complexity index is 1030. The largest absolute Gasteiger partial charge is 0.422 e. The summed E-state index contributed by atoms with van der Waals surface area (Å²) in [5, 5.41) is 3.15. The van der Waals surface area contributed by atoms with E-state index in [0.29, 0.717) is 11.0 Å². The highest BCUT2D eigenvalue weighted by Gasteiger charge is 2.12. The van der Waals surface area contributed by atoms with Crippen molar-refractivity contribution in [3.05, 3.63) is 82.0 Å². The third-order valence-electron chi connectivity index (χ3n) is 3.32. The quantitative estimate of drug-likeness (QED) is 0.583. The summed E-state index contributed by atoms with van der Waals surface area (Å²) in [6, 6.07) is 14.5. The molecule has 4 nitrogen and oxygen atoms in total. The number of hydrogen-bond acceptors (Lipinski definition) is 3. The number of rotatable bonds is 2. The van der Waals surface area contributed by atoms with Crippen molar-refractivity contribution in [3.8, 4) is 11.8 Å². The van der Waals surface area contributed by atoms with Crippen LogP contribution in [0.15, 0.2) is 63.8 Å². The highest BCUT2D eigenvalue weighted by Crippen LogP contribution is 2.12. The van der Waals surface area contributed by atoms with Crippen LogP contribution in [0.3, 0.4) is 0 Å². The molecule has 0 atom stereocenters. The molecule has 1 aromatic heterocycles. The molecule has 1 amide bonds. The van der Waals surface area contributed by atoms with E-state index in [1.807, 2.05) is 0 Å². The molecule has 0 radical (unpaired) electrons. The topological polar surface area (TPSA) is 59.3 Å². The minimum atomic E-state index is -0.715. The van der Waals surface area contributed by atoms with Crippen LogP contribution < -0.4 is 10.9 Å². The Morgan fingerprint density at radius 2 is 1.88 bits per heavy atom. The first-order valence-electron chi connectivity index (χ1n) is 7.19. The second-order valence-corrected chi connectivity index (χ2v) is 4.95. The highest BCUT2D eigenvalue weighted by atomic mass is 19.1. The minimum absolute atomic E-state index is 0.0144. The first kappa shape index (κ1) is 15.5. The summed E-state index contributed by atoms with van der Waals surface area (Å²) in [6.07, 6.45) is 0. The maximum atomic E-state index is 13.4. The van der Waals surface area contributed by atoms with Gasteiger partial charge >= 0.3 is 5.63 Å². The molecule has 0 unspecified atom stereocenters. The smallest absolute Gasteiger partial charge is 0.349 e. The van der Waals surface area contributed by atoms with Gasteiger partial charge in [-0.05, 0) is 24.3 Å². The molecule has 0 saturated heterocycles. The van der Waals surface area contributed by atoms with E-state index in [-0.39, 0.29) is 17.7 Å². The van der Waals surface area contributed by atoms with Crippen molar-refractivity contribution < 1.29 is 13.6 Å². The van der Waals surface area contributed by atoms with Gasteiger partial charge in [-0.25, -0.2) is 9.18 Å². The lowest BCUT2D eigenvalue weighted by atomic mass is 10.2. The normalized spacial score (nSPS) is 10.0. The molecule has 0 spiro atoms. The van der Waals surface area contributed by atoms with E-state index < -0.39 is 17.3 Å². The fourth-order valence-corrected chi connectivity index (χ4v) is 2.14. The zero-order chi connectivity index (χ0) is 16.9. The summed E-state index contributed by atoms with van der Waals surface area (Å²) in [7, 11) is 0. The molecule has 0 aliphatic carbocycles. The van der Waals surface area contributed by atoms with Crippen LogP contribution in [0.5, 0.6) is 0 Å². The Kier molecular flexibility index (Phi) is 4.39. The summed E-state index contributed by atoms with van der Waals surface area (Å²) in [6.45, 7) is -0.0144. The van der Waals surface area contributed by atoms with E-state index in [9.17, 15) is 14.0 Å². The van der Waals surface area contributed by atoms with Crippen LogP contribution in [0.2, 0.25) is 0 Å². The Hall–Kier alpha value is -3.39. The van der Waals surface area contributed by atoms with Crippen molar-refractivity contribution in [1.82, 2.24) is 5.32 Å². The monoisotopic (exact) mass is 321 g/mol. The van der Waals surface area contributed by atoms with Crippen LogP contribution in [-0.2, 0) is 0 Å². The maximum absolute atomic E-state index is 13.4. The predicted molar refractivity (Wildman–Crippen MR) is 88.1 cm³/mol. The molecule has 0 fully saturated rings. The zero-order valence-corrected chi connectivity index (χ0v) is 12.5. The molecule has 5 heteroatoms. The van der Waals surface area contributed by atoms with Gasteiger partial charge in [0.25, 0.3) is 5.91 Å². The first-order chi connectivity index (χ1) is 11.6. The molecule has 3 aromatic rings. The van der Waals surface area contributed by atoms with Crippen molar-refractivity contribution in [3.63, 3.8) is 0 Å². The number of halogens is 1. The molecule has 1 N–H and O–H groups in total. The second-order valence-electron chi connectivity index (χ2n) is 4.95. The van der Waals surface area contributed by atoms with E-state index in [4.69, 9.17) is 4.42 Å². The first-order valence-corrected chi connectivity index (χ1v) is 7.19. The zero-order valence-electron chi connectivity index (χ0n) is 12.5. The number of carbonyl (C=O) groups is 1. The molecule has 0 saturated carbocycles. The molecule has 0 aliphatic heterocycles. The van der Waals surface area contributed by atoms with Crippen LogP contribution in [0.25, 0.3) is 11.0 Å². The Balaban J connectivity index is 1.73. The lowest BCUT2D eigenvalue weighted by molar-refractivity contribution is 0.0955. The maximum Gasteiger partial charge on any atom is 0.349 e. The average molecular weight is 321 g/mol. The SMILES string of the molecule is O=C(NCC#Cc1ccccc1F)c1cc2ccccc2oc1=O. The van der Waals surface area contributed by atoms with Gasteiger partial charge in [-0.3, -0.25) is 4.79 Å². The third-order valence-corrected chi connectivity index (χ3v) is 3.32. The van der Waals surface area contributed by atoms with Crippen LogP contribution >= 0.6 is 0 Å². The molecule has 1 heterocycles. The van der Waals surface area contributed by atoms with E-state index in [0.717, 1.165) is 0 Å². The van der Waals surface area contributed by atoms with Gasteiger partial charge in [0.1, 0.15) is 17.0 Å². The van der Waals surface area contributed by atoms with Crippen LogP contribution in [0.4, 0.5) is 4.39 Å². The average Bonchev–Trinajstić information content (AvgIpc) is 2.59. The van der Waals surface area contributed by atoms with Gasteiger partial charge in [-0.1, -0.05) is 42.2 Å². The van der Waals surface area contributed by atoms with Gasteiger partial charge < -0.3 is 9.73 Å². The van der Waals surface area contributed by atoms with E-state index >= 15 is 0 Å². The summed E-state index contributed by atoms with van der Waals surface area (Å²) in [5.74, 6) is 4.26. The lowest BCUT2D eigenvalue weighted by Gasteiger charge is -2.02. The van der Waals surface area contributed by atoms with Gasteiger partial charge in [-0.2, -0.15) is 0 Å². The fourth-order valence-electron chi connectivity index (χ4n) is 2.14. The van der Waals surface area contributed by atoms with Crippen molar-refractivity contribution in [2.24, 2.45) is 0 Å². The molecule has 118 valence electrons. The number of hydrogen-bond donors (Lipinski definition) is 1. The minimum Gasteiger partial charge on any atom is -0.422 e. The summed E-state index contributed by atoms with van der Waals surface area (Å²) < 4.78 is 18.5. The lowest BCUT2D eigenvalue weighted by Crippen LogP contribution is -2.28. The molecule has 3 rings (SSSR count). The van der Waals surface area contributed by atoms with E-state index in [1.54, 1.807) is 42.5 Å². The van der Waals surface area contributed by atoms with Gasteiger partial charge in [0.2, 0.25) is 0 Å². The summed E-state index contributed by atoms with van der Waals surface area (Å²) in [4.78, 5) is 23.9. The van der Waals surface area contributed by atoms with E-state index in [2.05, 4.69) is 17.2 Å². The van der Waals surface area contributed by atoms with Crippen LogP contribution in [0, 0.1) is 17.7 Å². The molecule has 0 aliphatic rings. The molecular weight excluding hydrogens is 309 g/mol. The van der Waals surface area contributed by atoms with E-state index in [1.165, 1.54) is 12.1 Å². The second kappa shape index (κ2) is 6.80. The molecule has 24 heavy (non-hydrogen) atoms. The van der Waals surface area contributed by atoms with Gasteiger partial charge in [0.05, 0.1) is 12.1 Å². The Morgan fingerprint density at radius 1 is 1.12 bits per heavy atom. The van der Waals surface area contributed by atoms with Crippen LogP contribution in [-0.4, -0.2) is 12.5 Å². The van der Waals surface area contributed by atoms with Gasteiger partial charge in [0.15, 0.2) is 0 Å². The predicted octanol–water partition coefficient (Wildman–Crippen LogP) is 2.71. The summed E-state index contributed by atoms with van der Waals surface area (Å²) in [5.41, 5.74) is -0.148. The summed E-state index contributed by atoms with van der Waals surface area (Å²) >= 11 is 0. The number of carbonyl (C=O) groups excluding carboxylic acids is 1. The molecule has 2 aromatic carbocycles. The van der Waals surface area contributed by atoms with Crippen molar-refractivity contribution in [2.45, 2.75) is 0 Å². The highest BCUT2D eigenvalue weighted by molar-refractivity contribution is 5.96.